The summed E-state index contributed by atoms with van der Waals surface area (Å²) in [7, 11) is 0. The Labute approximate surface area is 165 Å². The lowest BCUT2D eigenvalue weighted by Crippen LogP contribution is -2.56. The van der Waals surface area contributed by atoms with E-state index in [1.807, 2.05) is 19.9 Å². The molecule has 0 radical (unpaired) electrons. The Kier molecular flexibility index (Phi) is 6.87. The van der Waals surface area contributed by atoms with Crippen molar-refractivity contribution in [3.63, 3.8) is 0 Å². The summed E-state index contributed by atoms with van der Waals surface area (Å²) < 4.78 is 5.46. The van der Waals surface area contributed by atoms with Crippen molar-refractivity contribution in [1.29, 1.82) is 0 Å². The average Bonchev–Trinajstić information content (AvgIpc) is 2.54. The molecule has 156 valence electrons. The van der Waals surface area contributed by atoms with Crippen molar-refractivity contribution in [2.45, 2.75) is 78.1 Å². The van der Waals surface area contributed by atoms with Crippen LogP contribution in [0, 0.1) is 13.8 Å². The summed E-state index contributed by atoms with van der Waals surface area (Å²) in [6.45, 7) is 9.71. The van der Waals surface area contributed by atoms with Gasteiger partial charge < -0.3 is 25.7 Å². The van der Waals surface area contributed by atoms with Gasteiger partial charge >= 0.3 is 6.09 Å². The van der Waals surface area contributed by atoms with Crippen LogP contribution in [0.4, 0.5) is 4.79 Å². The van der Waals surface area contributed by atoms with E-state index in [0.717, 1.165) is 24.1 Å². The maximum Gasteiger partial charge on any atom is 0.410 e. The second kappa shape index (κ2) is 8.77. The van der Waals surface area contributed by atoms with Gasteiger partial charge in [0.2, 0.25) is 5.91 Å². The van der Waals surface area contributed by atoms with Gasteiger partial charge in [-0.15, -0.1) is 0 Å². The molecule has 4 N–H and O–H groups in total. The summed E-state index contributed by atoms with van der Waals surface area (Å²) >= 11 is 0. The molecule has 2 amide bonds. The minimum Gasteiger partial charge on any atom is -0.444 e. The molecule has 8 heteroatoms. The molecule has 0 unspecified atom stereocenters. The van der Waals surface area contributed by atoms with Crippen molar-refractivity contribution >= 4 is 12.0 Å². The predicted octanol–water partition coefficient (Wildman–Crippen LogP) is 1.72. The van der Waals surface area contributed by atoms with Gasteiger partial charge in [-0.3, -0.25) is 9.59 Å². The van der Waals surface area contributed by atoms with Crippen LogP contribution in [0.3, 0.4) is 0 Å². The number of aromatic amines is 1. The molecule has 0 aliphatic carbocycles. The molecule has 0 bridgehead atoms. The standard InChI is InChI=1S/C20H32N4O4/c1-12-9-13(2)23-18(26)14(12)11-22-17(25)10-16-15(21)7-6-8-24(16)19(27)28-20(3,4)5/h9,15-16H,6-8,10-11,21H2,1-5H3,(H,22,25)(H,23,26)/t15-,16+/m0/s1. The van der Waals surface area contributed by atoms with Gasteiger partial charge in [-0.1, -0.05) is 0 Å². The van der Waals surface area contributed by atoms with Crippen molar-refractivity contribution in [1.82, 2.24) is 15.2 Å². The molecule has 1 aromatic heterocycles. The van der Waals surface area contributed by atoms with Crippen LogP contribution in [-0.4, -0.2) is 46.1 Å². The van der Waals surface area contributed by atoms with Gasteiger partial charge in [-0.25, -0.2) is 4.79 Å². The molecule has 8 nitrogen and oxygen atoms in total. The molecular weight excluding hydrogens is 360 g/mol. The number of hydrogen-bond acceptors (Lipinski definition) is 5. The highest BCUT2D eigenvalue weighted by molar-refractivity contribution is 5.78. The number of rotatable bonds is 4. The summed E-state index contributed by atoms with van der Waals surface area (Å²) in [4.78, 5) is 41.4. The third-order valence-corrected chi connectivity index (χ3v) is 4.81. The van der Waals surface area contributed by atoms with Gasteiger partial charge in [0.1, 0.15) is 5.60 Å². The summed E-state index contributed by atoms with van der Waals surface area (Å²) in [5.74, 6) is -0.254. The zero-order valence-electron chi connectivity index (χ0n) is 17.4. The van der Waals surface area contributed by atoms with Crippen molar-refractivity contribution in [2.24, 2.45) is 5.73 Å². The topological polar surface area (TPSA) is 118 Å². The molecule has 1 aromatic rings. The summed E-state index contributed by atoms with van der Waals surface area (Å²) in [5.41, 5.74) is 7.51. The fraction of sp³-hybridized carbons (Fsp3) is 0.650. The maximum atomic E-state index is 12.5. The minimum absolute atomic E-state index is 0.0726. The van der Waals surface area contributed by atoms with E-state index in [0.29, 0.717) is 12.1 Å². The third-order valence-electron chi connectivity index (χ3n) is 4.81. The molecule has 0 aromatic carbocycles. The summed E-state index contributed by atoms with van der Waals surface area (Å²) in [6.07, 6.45) is 1.14. The first-order chi connectivity index (χ1) is 13.0. The van der Waals surface area contributed by atoms with Gasteiger partial charge in [-0.05, 0) is 59.1 Å². The number of H-pyrrole nitrogens is 1. The quantitative estimate of drug-likeness (QED) is 0.721. The molecule has 2 atom stereocenters. The van der Waals surface area contributed by atoms with Crippen LogP contribution >= 0.6 is 0 Å². The summed E-state index contributed by atoms with van der Waals surface area (Å²) in [6, 6.07) is 1.14. The fourth-order valence-corrected chi connectivity index (χ4v) is 3.45. The number of nitrogens with one attached hydrogen (secondary N) is 2. The second-order valence-corrected chi connectivity index (χ2v) is 8.47. The first kappa shape index (κ1) is 21.9. The normalized spacial score (nSPS) is 20.0. The van der Waals surface area contributed by atoms with Crippen LogP contribution in [0.2, 0.25) is 0 Å². The number of hydrogen-bond donors (Lipinski definition) is 3. The maximum absolute atomic E-state index is 12.5. The number of amides is 2. The predicted molar refractivity (Wildman–Crippen MR) is 107 cm³/mol. The van der Waals surface area contributed by atoms with E-state index in [1.165, 1.54) is 0 Å². The highest BCUT2D eigenvalue weighted by Gasteiger charge is 2.36. The first-order valence-electron chi connectivity index (χ1n) is 9.69. The van der Waals surface area contributed by atoms with Gasteiger partial charge in [0.15, 0.2) is 0 Å². The Morgan fingerprint density at radius 1 is 1.36 bits per heavy atom. The zero-order chi connectivity index (χ0) is 21.1. The number of aryl methyl sites for hydroxylation is 2. The Balaban J connectivity index is 2.03. The highest BCUT2D eigenvalue weighted by atomic mass is 16.6. The Hall–Kier alpha value is -2.35. The number of carbonyl (C=O) groups is 2. The lowest BCUT2D eigenvalue weighted by Gasteiger charge is -2.40. The Morgan fingerprint density at radius 3 is 2.64 bits per heavy atom. The van der Waals surface area contributed by atoms with Gasteiger partial charge in [0, 0.05) is 36.8 Å². The van der Waals surface area contributed by atoms with Crippen LogP contribution < -0.4 is 16.6 Å². The van der Waals surface area contributed by atoms with Gasteiger partial charge in [0.25, 0.3) is 5.56 Å². The van der Waals surface area contributed by atoms with E-state index in [1.54, 1.807) is 25.7 Å². The highest BCUT2D eigenvalue weighted by Crippen LogP contribution is 2.22. The monoisotopic (exact) mass is 392 g/mol. The number of nitrogens with zero attached hydrogens (tertiary/aromatic N) is 1. The van der Waals surface area contributed by atoms with Crippen LogP contribution in [-0.2, 0) is 16.1 Å². The van der Waals surface area contributed by atoms with Crippen molar-refractivity contribution in [2.75, 3.05) is 6.54 Å². The average molecular weight is 393 g/mol. The van der Waals surface area contributed by atoms with E-state index >= 15 is 0 Å². The molecule has 0 spiro atoms. The lowest BCUT2D eigenvalue weighted by molar-refractivity contribution is -0.122. The molecule has 1 aliphatic heterocycles. The zero-order valence-corrected chi connectivity index (χ0v) is 17.4. The fourth-order valence-electron chi connectivity index (χ4n) is 3.45. The molecule has 2 heterocycles. The smallest absolute Gasteiger partial charge is 0.410 e. The second-order valence-electron chi connectivity index (χ2n) is 8.47. The number of carbonyl (C=O) groups excluding carboxylic acids is 2. The van der Waals surface area contributed by atoms with Crippen molar-refractivity contribution in [3.05, 3.63) is 33.2 Å². The number of aromatic nitrogens is 1. The number of piperidine rings is 1. The molecule has 2 rings (SSSR count). The molecular formula is C20H32N4O4. The minimum atomic E-state index is -0.616. The van der Waals surface area contributed by atoms with Crippen LogP contribution in [0.1, 0.15) is 56.9 Å². The number of pyridine rings is 1. The Bertz CT molecular complexity index is 781. The van der Waals surface area contributed by atoms with E-state index < -0.39 is 17.7 Å². The van der Waals surface area contributed by atoms with E-state index in [9.17, 15) is 14.4 Å². The van der Waals surface area contributed by atoms with Crippen molar-refractivity contribution < 1.29 is 14.3 Å². The number of likely N-dealkylation sites (tertiary alicyclic amines) is 1. The molecule has 28 heavy (non-hydrogen) atoms. The van der Waals surface area contributed by atoms with Crippen LogP contribution in [0.15, 0.2) is 10.9 Å². The van der Waals surface area contributed by atoms with Crippen LogP contribution in [0.5, 0.6) is 0 Å². The number of nitrogens with two attached hydrogens (primary N) is 1. The largest absolute Gasteiger partial charge is 0.444 e. The van der Waals surface area contributed by atoms with E-state index in [2.05, 4.69) is 10.3 Å². The number of ether oxygens (including phenoxy) is 1. The first-order valence-corrected chi connectivity index (χ1v) is 9.69. The van der Waals surface area contributed by atoms with Gasteiger partial charge in [0.05, 0.1) is 6.04 Å². The third kappa shape index (κ3) is 5.82. The molecule has 1 saturated heterocycles. The Morgan fingerprint density at radius 2 is 2.04 bits per heavy atom. The van der Waals surface area contributed by atoms with E-state index in [4.69, 9.17) is 10.5 Å². The van der Waals surface area contributed by atoms with Gasteiger partial charge in [-0.2, -0.15) is 0 Å². The van der Waals surface area contributed by atoms with Crippen molar-refractivity contribution in [3.8, 4) is 0 Å². The SMILES string of the molecule is Cc1cc(C)c(CNC(=O)C[C@@H]2[C@@H](N)CCCN2C(=O)OC(C)(C)C)c(=O)[nH]1. The summed E-state index contributed by atoms with van der Waals surface area (Å²) in [5, 5.41) is 2.78. The molecule has 0 saturated carbocycles. The van der Waals surface area contributed by atoms with E-state index in [-0.39, 0.29) is 30.5 Å². The lowest BCUT2D eigenvalue weighted by atomic mass is 9.94. The molecule has 1 aliphatic rings. The van der Waals surface area contributed by atoms with Crippen LogP contribution in [0.25, 0.3) is 0 Å². The molecule has 1 fully saturated rings.